The first-order valence-corrected chi connectivity index (χ1v) is 10.3. The molecule has 0 heterocycles. The van der Waals surface area contributed by atoms with Crippen molar-refractivity contribution in [1.82, 2.24) is 0 Å². The van der Waals surface area contributed by atoms with Gasteiger partial charge in [-0.05, 0) is 35.8 Å². The number of ketones is 1. The molecule has 0 aromatic heterocycles. The molecular formula is C24H25O2P. The third-order valence-corrected chi connectivity index (χ3v) is 6.56. The third-order valence-electron chi connectivity index (χ3n) is 4.87. The molecule has 1 N–H and O–H groups in total. The van der Waals surface area contributed by atoms with E-state index in [1.807, 2.05) is 61.5 Å². The number of Topliss-reactive ketones (excluding diaryl/α,β-unsaturated/α-hetero) is 1. The van der Waals surface area contributed by atoms with E-state index in [1.54, 1.807) is 6.92 Å². The first-order valence-electron chi connectivity index (χ1n) is 9.19. The average molecular weight is 376 g/mol. The zero-order chi connectivity index (χ0) is 19.4. The summed E-state index contributed by atoms with van der Waals surface area (Å²) in [6, 6.07) is 22.0. The predicted octanol–water partition coefficient (Wildman–Crippen LogP) is 5.56. The van der Waals surface area contributed by atoms with E-state index in [9.17, 15) is 9.90 Å². The summed E-state index contributed by atoms with van der Waals surface area (Å²) in [5.41, 5.74) is 5.12. The number of hydrogen-bond donors (Lipinski definition) is 1. The van der Waals surface area contributed by atoms with Crippen molar-refractivity contribution in [2.24, 2.45) is 0 Å². The van der Waals surface area contributed by atoms with Crippen LogP contribution in [0.15, 0.2) is 66.7 Å². The second-order valence-electron chi connectivity index (χ2n) is 6.94. The molecule has 3 aromatic rings. The summed E-state index contributed by atoms with van der Waals surface area (Å²) in [7, 11) is 0.426. The Morgan fingerprint density at radius 1 is 1.00 bits per heavy atom. The maximum atomic E-state index is 12.0. The molecule has 0 saturated heterocycles. The lowest BCUT2D eigenvalue weighted by Gasteiger charge is -2.19. The number of aryl methyl sites for hydroxylation is 1. The Labute approximate surface area is 163 Å². The standard InChI is InChI=1S/C24H25O2P/c1-16-9-7-13-21(17(2)25)24(16)27-18(3)22-14-8-12-20(23(22)26)15-19-10-5-4-6-11-19/h4-14,18,26-27H,15H2,1-3H3. The van der Waals surface area contributed by atoms with Crippen LogP contribution in [0.25, 0.3) is 0 Å². The van der Waals surface area contributed by atoms with Crippen molar-refractivity contribution in [3.05, 3.63) is 94.5 Å². The minimum atomic E-state index is 0.0930. The van der Waals surface area contributed by atoms with Gasteiger partial charge in [-0.1, -0.05) is 82.2 Å². The van der Waals surface area contributed by atoms with Crippen LogP contribution in [-0.4, -0.2) is 10.9 Å². The Morgan fingerprint density at radius 2 is 1.70 bits per heavy atom. The van der Waals surface area contributed by atoms with Gasteiger partial charge in [-0.25, -0.2) is 0 Å². The van der Waals surface area contributed by atoms with Gasteiger partial charge in [0.25, 0.3) is 0 Å². The first-order chi connectivity index (χ1) is 13.0. The van der Waals surface area contributed by atoms with Crippen molar-refractivity contribution >= 4 is 19.7 Å². The van der Waals surface area contributed by atoms with E-state index in [0.29, 0.717) is 20.8 Å². The Kier molecular flexibility index (Phi) is 6.08. The summed E-state index contributed by atoms with van der Waals surface area (Å²) in [5.74, 6) is 0.467. The molecule has 0 saturated carbocycles. The van der Waals surface area contributed by atoms with E-state index in [2.05, 4.69) is 19.1 Å². The quantitative estimate of drug-likeness (QED) is 0.452. The lowest BCUT2D eigenvalue weighted by Crippen LogP contribution is -2.13. The highest BCUT2D eigenvalue weighted by molar-refractivity contribution is 7.48. The van der Waals surface area contributed by atoms with Crippen molar-refractivity contribution in [2.45, 2.75) is 32.9 Å². The second kappa shape index (κ2) is 8.50. The minimum absolute atomic E-state index is 0.0930. The van der Waals surface area contributed by atoms with E-state index in [0.717, 1.165) is 27.6 Å². The van der Waals surface area contributed by atoms with Crippen LogP contribution in [0.4, 0.5) is 0 Å². The average Bonchev–Trinajstić information content (AvgIpc) is 2.65. The van der Waals surface area contributed by atoms with Crippen molar-refractivity contribution in [2.75, 3.05) is 0 Å². The van der Waals surface area contributed by atoms with Crippen molar-refractivity contribution < 1.29 is 9.90 Å². The first kappa shape index (κ1) is 19.3. The topological polar surface area (TPSA) is 37.3 Å². The molecule has 0 spiro atoms. The van der Waals surface area contributed by atoms with Gasteiger partial charge in [0.2, 0.25) is 0 Å². The molecule has 3 heteroatoms. The van der Waals surface area contributed by atoms with E-state index < -0.39 is 0 Å². The number of para-hydroxylation sites is 1. The van der Waals surface area contributed by atoms with Crippen molar-refractivity contribution in [3.63, 3.8) is 0 Å². The lowest BCUT2D eigenvalue weighted by molar-refractivity contribution is 0.101. The number of carbonyl (C=O) groups excluding carboxylic acids is 1. The van der Waals surface area contributed by atoms with Crippen LogP contribution < -0.4 is 5.30 Å². The van der Waals surface area contributed by atoms with Gasteiger partial charge < -0.3 is 5.11 Å². The normalized spacial score (nSPS) is 12.4. The molecule has 0 amide bonds. The van der Waals surface area contributed by atoms with Gasteiger partial charge >= 0.3 is 0 Å². The Hall–Kier alpha value is -2.44. The maximum Gasteiger partial charge on any atom is 0.160 e. The largest absolute Gasteiger partial charge is 0.507 e. The Morgan fingerprint density at radius 3 is 2.41 bits per heavy atom. The van der Waals surface area contributed by atoms with Gasteiger partial charge in [0, 0.05) is 23.2 Å². The van der Waals surface area contributed by atoms with E-state index >= 15 is 0 Å². The molecule has 0 aliphatic carbocycles. The van der Waals surface area contributed by atoms with Gasteiger partial charge in [-0.3, -0.25) is 4.79 Å². The highest BCUT2D eigenvalue weighted by Gasteiger charge is 2.18. The van der Waals surface area contributed by atoms with Crippen LogP contribution >= 0.6 is 8.58 Å². The Bertz CT molecular complexity index is 948. The number of carbonyl (C=O) groups is 1. The third kappa shape index (κ3) is 4.46. The molecule has 3 aromatic carbocycles. The van der Waals surface area contributed by atoms with E-state index in [1.165, 1.54) is 5.56 Å². The molecule has 0 aliphatic heterocycles. The van der Waals surface area contributed by atoms with Crippen LogP contribution in [0.1, 0.15) is 52.1 Å². The minimum Gasteiger partial charge on any atom is -0.507 e. The van der Waals surface area contributed by atoms with Crippen molar-refractivity contribution in [3.8, 4) is 5.75 Å². The zero-order valence-electron chi connectivity index (χ0n) is 16.0. The predicted molar refractivity (Wildman–Crippen MR) is 115 cm³/mol. The molecule has 0 fully saturated rings. The SMILES string of the molecule is CC(=O)c1cccc(C)c1PC(C)c1cccc(Cc2ccccc2)c1O. The van der Waals surface area contributed by atoms with Gasteiger partial charge in [-0.15, -0.1) is 0 Å². The van der Waals surface area contributed by atoms with Crippen LogP contribution in [0.3, 0.4) is 0 Å². The number of phenolic OH excluding ortho intramolecular Hbond substituents is 1. The highest BCUT2D eigenvalue weighted by atomic mass is 31.1. The number of phenols is 1. The summed E-state index contributed by atoms with van der Waals surface area (Å²) in [6.45, 7) is 5.79. The molecular weight excluding hydrogens is 351 g/mol. The fraction of sp³-hybridized carbons (Fsp3) is 0.208. The number of aromatic hydroxyl groups is 1. The lowest BCUT2D eigenvalue weighted by atomic mass is 10.0. The second-order valence-corrected chi connectivity index (χ2v) is 8.59. The van der Waals surface area contributed by atoms with Crippen LogP contribution in [0, 0.1) is 6.92 Å². The highest BCUT2D eigenvalue weighted by Crippen LogP contribution is 2.41. The molecule has 3 rings (SSSR count). The molecule has 2 atom stereocenters. The molecule has 0 radical (unpaired) electrons. The zero-order valence-corrected chi connectivity index (χ0v) is 17.0. The number of hydrogen-bond acceptors (Lipinski definition) is 2. The molecule has 138 valence electrons. The number of rotatable bonds is 6. The van der Waals surface area contributed by atoms with Crippen LogP contribution in [0.5, 0.6) is 5.75 Å². The Balaban J connectivity index is 1.89. The maximum absolute atomic E-state index is 12.0. The van der Waals surface area contributed by atoms with Gasteiger partial charge in [0.1, 0.15) is 5.75 Å². The fourth-order valence-corrected chi connectivity index (χ4v) is 4.91. The van der Waals surface area contributed by atoms with Gasteiger partial charge in [0.15, 0.2) is 5.78 Å². The van der Waals surface area contributed by atoms with Crippen LogP contribution in [-0.2, 0) is 6.42 Å². The molecule has 0 aliphatic rings. The van der Waals surface area contributed by atoms with Gasteiger partial charge in [0.05, 0.1) is 0 Å². The monoisotopic (exact) mass is 376 g/mol. The van der Waals surface area contributed by atoms with Gasteiger partial charge in [-0.2, -0.15) is 0 Å². The molecule has 0 bridgehead atoms. The van der Waals surface area contributed by atoms with E-state index in [-0.39, 0.29) is 11.4 Å². The summed E-state index contributed by atoms with van der Waals surface area (Å²) in [4.78, 5) is 12.0. The summed E-state index contributed by atoms with van der Waals surface area (Å²) in [6.07, 6.45) is 0.708. The van der Waals surface area contributed by atoms with Crippen molar-refractivity contribution in [1.29, 1.82) is 0 Å². The summed E-state index contributed by atoms with van der Waals surface area (Å²) in [5, 5.41) is 12.0. The summed E-state index contributed by atoms with van der Waals surface area (Å²) < 4.78 is 0. The van der Waals surface area contributed by atoms with Crippen LogP contribution in [0.2, 0.25) is 0 Å². The molecule has 2 nitrogen and oxygen atoms in total. The number of benzene rings is 3. The summed E-state index contributed by atoms with van der Waals surface area (Å²) >= 11 is 0. The fourth-order valence-electron chi connectivity index (χ4n) is 3.37. The molecule has 2 unspecified atom stereocenters. The smallest absolute Gasteiger partial charge is 0.160 e. The van der Waals surface area contributed by atoms with E-state index in [4.69, 9.17) is 0 Å². The molecule has 27 heavy (non-hydrogen) atoms.